The van der Waals surface area contributed by atoms with Crippen LogP contribution in [0.2, 0.25) is 0 Å². The topological polar surface area (TPSA) is 64.6 Å². The van der Waals surface area contributed by atoms with Crippen LogP contribution >= 0.6 is 0 Å². The van der Waals surface area contributed by atoms with Gasteiger partial charge in [0.25, 0.3) is 0 Å². The summed E-state index contributed by atoms with van der Waals surface area (Å²) in [5, 5.41) is 4.78. The molecule has 1 atom stereocenters. The van der Waals surface area contributed by atoms with Crippen LogP contribution in [0.25, 0.3) is 10.8 Å². The van der Waals surface area contributed by atoms with Crippen molar-refractivity contribution in [1.29, 1.82) is 0 Å². The van der Waals surface area contributed by atoms with Crippen LogP contribution < -0.4 is 10.1 Å². The van der Waals surface area contributed by atoms with Gasteiger partial charge in [0.15, 0.2) is 0 Å². The molecule has 4 rings (SSSR count). The number of carbonyl (C=O) groups is 2. The summed E-state index contributed by atoms with van der Waals surface area (Å²) in [4.78, 5) is 24.8. The molecule has 2 aliphatic heterocycles. The number of cyclic esters (lactones) is 1. The van der Waals surface area contributed by atoms with Gasteiger partial charge in [0.1, 0.15) is 11.4 Å². The fraction of sp³-hybridized carbons (Fsp3) is 0.300. The first kappa shape index (κ1) is 15.7. The van der Waals surface area contributed by atoms with Crippen molar-refractivity contribution >= 4 is 22.6 Å². The Bertz CT molecular complexity index is 942. The molecule has 2 aromatic carbocycles. The number of nitrogens with one attached hydrogen (secondary N) is 1. The number of rotatable bonds is 2. The minimum absolute atomic E-state index is 0.102. The molecular formula is C20H19NO4. The molecule has 128 valence electrons. The van der Waals surface area contributed by atoms with Gasteiger partial charge >= 0.3 is 5.97 Å². The van der Waals surface area contributed by atoms with Gasteiger partial charge in [-0.15, -0.1) is 0 Å². The lowest BCUT2D eigenvalue weighted by atomic mass is 9.81. The minimum atomic E-state index is -0.816. The highest BCUT2D eigenvalue weighted by Gasteiger charge is 2.47. The summed E-state index contributed by atoms with van der Waals surface area (Å²) in [6.45, 7) is 3.59. The van der Waals surface area contributed by atoms with Crippen molar-refractivity contribution in [2.24, 2.45) is 0 Å². The number of amides is 1. The van der Waals surface area contributed by atoms with Gasteiger partial charge in [-0.1, -0.05) is 30.3 Å². The third-order valence-electron chi connectivity index (χ3n) is 4.95. The first-order valence-electron chi connectivity index (χ1n) is 8.26. The predicted octanol–water partition coefficient (Wildman–Crippen LogP) is 3.04. The number of esters is 1. The Kier molecular flexibility index (Phi) is 3.35. The average molecular weight is 337 g/mol. The molecule has 0 aliphatic carbocycles. The number of benzene rings is 2. The molecule has 0 saturated heterocycles. The van der Waals surface area contributed by atoms with Gasteiger partial charge in [-0.3, -0.25) is 4.79 Å². The molecule has 5 nitrogen and oxygen atoms in total. The third-order valence-corrected chi connectivity index (χ3v) is 4.95. The van der Waals surface area contributed by atoms with Gasteiger partial charge in [-0.05, 0) is 30.9 Å². The van der Waals surface area contributed by atoms with Crippen molar-refractivity contribution in [2.45, 2.75) is 31.8 Å². The van der Waals surface area contributed by atoms with E-state index in [4.69, 9.17) is 9.47 Å². The van der Waals surface area contributed by atoms with E-state index in [0.717, 1.165) is 22.1 Å². The predicted molar refractivity (Wildman–Crippen MR) is 93.2 cm³/mol. The van der Waals surface area contributed by atoms with Gasteiger partial charge in [0, 0.05) is 17.7 Å². The van der Waals surface area contributed by atoms with E-state index >= 15 is 0 Å². The number of carbonyl (C=O) groups excluding carboxylic acids is 2. The highest BCUT2D eigenvalue weighted by atomic mass is 16.6. The molecule has 2 heterocycles. The molecule has 0 bridgehead atoms. The van der Waals surface area contributed by atoms with Crippen LogP contribution in [-0.2, 0) is 14.3 Å². The number of ether oxygens (including phenoxy) is 2. The molecule has 1 amide bonds. The van der Waals surface area contributed by atoms with E-state index in [-0.39, 0.29) is 24.2 Å². The molecule has 25 heavy (non-hydrogen) atoms. The van der Waals surface area contributed by atoms with E-state index in [2.05, 4.69) is 5.32 Å². The minimum Gasteiger partial charge on any atom is -0.496 e. The SMILES string of the molecule is COc1ccc([C@H]2CC(=O)NC3=C2C(=O)OC3(C)C)c2ccccc12. The average Bonchev–Trinajstić information content (AvgIpc) is 2.82. The summed E-state index contributed by atoms with van der Waals surface area (Å²) >= 11 is 0. The highest BCUT2D eigenvalue weighted by molar-refractivity contribution is 6.01. The molecular weight excluding hydrogens is 318 g/mol. The first-order valence-corrected chi connectivity index (χ1v) is 8.26. The van der Waals surface area contributed by atoms with Crippen molar-refractivity contribution < 1.29 is 19.1 Å². The third kappa shape index (κ3) is 2.30. The lowest BCUT2D eigenvalue weighted by molar-refractivity contribution is -0.144. The van der Waals surface area contributed by atoms with Crippen molar-refractivity contribution in [3.05, 3.63) is 53.2 Å². The van der Waals surface area contributed by atoms with Gasteiger partial charge < -0.3 is 14.8 Å². The van der Waals surface area contributed by atoms with Gasteiger partial charge in [-0.25, -0.2) is 4.79 Å². The number of methoxy groups -OCH3 is 1. The molecule has 0 spiro atoms. The molecule has 0 saturated carbocycles. The molecule has 0 aromatic heterocycles. The van der Waals surface area contributed by atoms with Crippen molar-refractivity contribution in [1.82, 2.24) is 5.32 Å². The van der Waals surface area contributed by atoms with Crippen LogP contribution in [0.15, 0.2) is 47.7 Å². The lowest BCUT2D eigenvalue weighted by Gasteiger charge is -2.27. The number of hydrogen-bond acceptors (Lipinski definition) is 4. The Labute approximate surface area is 145 Å². The maximum Gasteiger partial charge on any atom is 0.337 e. The molecule has 0 radical (unpaired) electrons. The molecule has 0 unspecified atom stereocenters. The van der Waals surface area contributed by atoms with E-state index in [1.54, 1.807) is 21.0 Å². The summed E-state index contributed by atoms with van der Waals surface area (Å²) < 4.78 is 10.9. The zero-order chi connectivity index (χ0) is 17.8. The maximum absolute atomic E-state index is 12.5. The largest absolute Gasteiger partial charge is 0.496 e. The van der Waals surface area contributed by atoms with Crippen LogP contribution in [-0.4, -0.2) is 24.6 Å². The fourth-order valence-corrected chi connectivity index (χ4v) is 3.82. The normalized spacial score (nSPS) is 21.8. The van der Waals surface area contributed by atoms with Gasteiger partial charge in [-0.2, -0.15) is 0 Å². The molecule has 0 fully saturated rings. The molecule has 2 aromatic rings. The van der Waals surface area contributed by atoms with Crippen molar-refractivity contribution in [2.75, 3.05) is 7.11 Å². The standard InChI is InChI=1S/C20H19NO4/c1-20(2)18-17(19(23)25-20)14(10-16(22)21-18)12-8-9-15(24-3)13-7-5-4-6-11(12)13/h4-9,14H,10H2,1-3H3,(H,21,22)/t14-/m1/s1. The second kappa shape index (κ2) is 5.34. The highest BCUT2D eigenvalue weighted by Crippen LogP contribution is 2.45. The zero-order valence-electron chi connectivity index (χ0n) is 14.4. The van der Waals surface area contributed by atoms with Crippen LogP contribution in [0.3, 0.4) is 0 Å². The van der Waals surface area contributed by atoms with E-state index in [9.17, 15) is 9.59 Å². The van der Waals surface area contributed by atoms with Crippen LogP contribution in [0, 0.1) is 0 Å². The fourth-order valence-electron chi connectivity index (χ4n) is 3.82. The monoisotopic (exact) mass is 337 g/mol. The van der Waals surface area contributed by atoms with Crippen LogP contribution in [0.5, 0.6) is 5.75 Å². The molecule has 1 N–H and O–H groups in total. The van der Waals surface area contributed by atoms with Crippen molar-refractivity contribution in [3.63, 3.8) is 0 Å². The quantitative estimate of drug-likeness (QED) is 0.856. The Morgan fingerprint density at radius 1 is 1.12 bits per heavy atom. The van der Waals surface area contributed by atoms with Crippen LogP contribution in [0.4, 0.5) is 0 Å². The van der Waals surface area contributed by atoms with Crippen molar-refractivity contribution in [3.8, 4) is 5.75 Å². The number of hydrogen-bond donors (Lipinski definition) is 1. The second-order valence-electron chi connectivity index (χ2n) is 6.90. The number of fused-ring (bicyclic) bond motifs is 1. The zero-order valence-corrected chi connectivity index (χ0v) is 14.4. The van der Waals surface area contributed by atoms with E-state index < -0.39 is 5.60 Å². The Hall–Kier alpha value is -2.82. The van der Waals surface area contributed by atoms with E-state index in [1.165, 1.54) is 0 Å². The summed E-state index contributed by atoms with van der Waals surface area (Å²) in [6.07, 6.45) is 0.223. The first-order chi connectivity index (χ1) is 11.9. The summed E-state index contributed by atoms with van der Waals surface area (Å²) in [5.74, 6) is -0.0168. The smallest absolute Gasteiger partial charge is 0.337 e. The second-order valence-corrected chi connectivity index (χ2v) is 6.90. The summed E-state index contributed by atoms with van der Waals surface area (Å²) in [6, 6.07) is 11.7. The Morgan fingerprint density at radius 2 is 1.84 bits per heavy atom. The van der Waals surface area contributed by atoms with Gasteiger partial charge in [0.05, 0.1) is 18.4 Å². The Morgan fingerprint density at radius 3 is 2.56 bits per heavy atom. The van der Waals surface area contributed by atoms with E-state index in [0.29, 0.717) is 11.3 Å². The molecule has 2 aliphatic rings. The summed E-state index contributed by atoms with van der Waals surface area (Å²) in [7, 11) is 1.63. The lowest BCUT2D eigenvalue weighted by Crippen LogP contribution is -2.38. The van der Waals surface area contributed by atoms with Crippen LogP contribution in [0.1, 0.15) is 31.7 Å². The molecule has 5 heteroatoms. The summed E-state index contributed by atoms with van der Waals surface area (Å²) in [5.41, 5.74) is 1.26. The Balaban J connectivity index is 1.96. The van der Waals surface area contributed by atoms with E-state index in [1.807, 2.05) is 36.4 Å². The van der Waals surface area contributed by atoms with Gasteiger partial charge in [0.2, 0.25) is 5.91 Å². The maximum atomic E-state index is 12.5.